The third-order valence-electron chi connectivity index (χ3n) is 5.63. The van der Waals surface area contributed by atoms with E-state index in [4.69, 9.17) is 4.74 Å². The number of esters is 1. The summed E-state index contributed by atoms with van der Waals surface area (Å²) in [4.78, 5) is 30.2. The number of aliphatic hydroxyl groups is 1. The van der Waals surface area contributed by atoms with Crippen LogP contribution < -0.4 is 10.6 Å². The zero-order valence-electron chi connectivity index (χ0n) is 18.3. The number of aromatic nitrogens is 2. The van der Waals surface area contributed by atoms with Crippen LogP contribution in [0.5, 0.6) is 0 Å². The number of rotatable bonds is 9. The highest BCUT2D eigenvalue weighted by molar-refractivity contribution is 6.11. The van der Waals surface area contributed by atoms with Gasteiger partial charge in [-0.2, -0.15) is 0 Å². The second-order valence-corrected chi connectivity index (χ2v) is 8.20. The SMILES string of the molecule is COC(=O)c1c(NC(=O)C2CC2)c2cc(N[C@@H](C)CCO)cnc2n1Cc1ccccc1. The first-order valence-electron chi connectivity index (χ1n) is 10.8. The van der Waals surface area contributed by atoms with E-state index in [0.29, 0.717) is 29.7 Å². The Morgan fingerprint density at radius 2 is 2.03 bits per heavy atom. The van der Waals surface area contributed by atoms with Crippen molar-refractivity contribution in [2.45, 2.75) is 38.8 Å². The highest BCUT2D eigenvalue weighted by atomic mass is 16.5. The van der Waals surface area contributed by atoms with Crippen molar-refractivity contribution >= 4 is 34.3 Å². The smallest absolute Gasteiger partial charge is 0.356 e. The molecule has 32 heavy (non-hydrogen) atoms. The molecular formula is C24H28N4O4. The van der Waals surface area contributed by atoms with E-state index in [1.807, 2.05) is 43.3 Å². The van der Waals surface area contributed by atoms with Crippen LogP contribution in [0.4, 0.5) is 11.4 Å². The fourth-order valence-corrected chi connectivity index (χ4v) is 3.78. The van der Waals surface area contributed by atoms with E-state index in [-0.39, 0.29) is 30.2 Å². The fourth-order valence-electron chi connectivity index (χ4n) is 3.78. The molecule has 0 radical (unpaired) electrons. The van der Waals surface area contributed by atoms with Gasteiger partial charge in [-0.3, -0.25) is 4.79 Å². The van der Waals surface area contributed by atoms with Crippen LogP contribution in [0.1, 0.15) is 42.2 Å². The standard InChI is InChI=1S/C24H28N4O4/c1-15(10-11-29)26-18-12-19-20(27-23(30)17-8-9-17)21(24(31)32-2)28(22(19)25-13-18)14-16-6-4-3-5-7-16/h3-7,12-13,15,17,26,29H,8-11,14H2,1-2H3,(H,27,30)/t15-/m0/s1. The number of aliphatic hydroxyl groups excluding tert-OH is 1. The molecule has 8 nitrogen and oxygen atoms in total. The van der Waals surface area contributed by atoms with Gasteiger partial charge in [-0.05, 0) is 37.8 Å². The average molecular weight is 437 g/mol. The summed E-state index contributed by atoms with van der Waals surface area (Å²) in [5.41, 5.74) is 3.02. The first-order chi connectivity index (χ1) is 15.5. The molecule has 3 N–H and O–H groups in total. The number of fused-ring (bicyclic) bond motifs is 1. The Hall–Kier alpha value is -3.39. The Balaban J connectivity index is 1.85. The maximum atomic E-state index is 12.9. The van der Waals surface area contributed by atoms with Gasteiger partial charge in [-0.1, -0.05) is 30.3 Å². The van der Waals surface area contributed by atoms with E-state index >= 15 is 0 Å². The number of carbonyl (C=O) groups excluding carboxylic acids is 2. The van der Waals surface area contributed by atoms with Crippen LogP contribution in [0.2, 0.25) is 0 Å². The van der Waals surface area contributed by atoms with E-state index in [2.05, 4.69) is 15.6 Å². The molecule has 1 atom stereocenters. The van der Waals surface area contributed by atoms with Crippen molar-refractivity contribution in [2.75, 3.05) is 24.4 Å². The minimum Gasteiger partial charge on any atom is -0.464 e. The maximum Gasteiger partial charge on any atom is 0.356 e. The number of hydrogen-bond donors (Lipinski definition) is 3. The predicted octanol–water partition coefficient (Wildman–Crippen LogP) is 3.40. The molecule has 2 heterocycles. The minimum absolute atomic E-state index is 0.0214. The van der Waals surface area contributed by atoms with Gasteiger partial charge in [0.1, 0.15) is 5.65 Å². The number of amides is 1. The summed E-state index contributed by atoms with van der Waals surface area (Å²) in [6, 6.07) is 11.7. The normalized spacial score (nSPS) is 14.2. The molecule has 1 saturated carbocycles. The fraction of sp³-hybridized carbons (Fsp3) is 0.375. The maximum absolute atomic E-state index is 12.9. The molecule has 0 saturated heterocycles. The molecule has 8 heteroatoms. The van der Waals surface area contributed by atoms with Gasteiger partial charge in [0, 0.05) is 30.5 Å². The van der Waals surface area contributed by atoms with Gasteiger partial charge in [0.15, 0.2) is 5.69 Å². The number of anilines is 2. The second-order valence-electron chi connectivity index (χ2n) is 8.20. The topological polar surface area (TPSA) is 105 Å². The van der Waals surface area contributed by atoms with Gasteiger partial charge in [-0.15, -0.1) is 0 Å². The number of benzene rings is 1. The molecule has 1 aromatic carbocycles. The van der Waals surface area contributed by atoms with Gasteiger partial charge < -0.3 is 25.0 Å². The van der Waals surface area contributed by atoms with Crippen LogP contribution in [0, 0.1) is 5.92 Å². The molecule has 168 valence electrons. The van der Waals surface area contributed by atoms with Gasteiger partial charge in [0.2, 0.25) is 5.91 Å². The monoisotopic (exact) mass is 436 g/mol. The molecule has 3 aromatic rings. The third kappa shape index (κ3) is 4.60. The summed E-state index contributed by atoms with van der Waals surface area (Å²) >= 11 is 0. The first kappa shape index (κ1) is 21.8. The highest BCUT2D eigenvalue weighted by Crippen LogP contribution is 2.36. The third-order valence-corrected chi connectivity index (χ3v) is 5.63. The van der Waals surface area contributed by atoms with E-state index in [9.17, 15) is 14.7 Å². The number of nitrogens with one attached hydrogen (secondary N) is 2. The van der Waals surface area contributed by atoms with Crippen molar-refractivity contribution in [2.24, 2.45) is 5.92 Å². The van der Waals surface area contributed by atoms with Gasteiger partial charge in [-0.25, -0.2) is 9.78 Å². The molecule has 1 amide bonds. The quantitative estimate of drug-likeness (QED) is 0.444. The summed E-state index contributed by atoms with van der Waals surface area (Å²) in [7, 11) is 1.33. The minimum atomic E-state index is -0.534. The van der Waals surface area contributed by atoms with Gasteiger partial charge >= 0.3 is 5.97 Å². The summed E-state index contributed by atoms with van der Waals surface area (Å²) in [6.07, 6.45) is 3.99. The Kier molecular flexibility index (Phi) is 6.41. The van der Waals surface area contributed by atoms with E-state index < -0.39 is 5.97 Å². The van der Waals surface area contributed by atoms with Gasteiger partial charge in [0.25, 0.3) is 0 Å². The summed E-state index contributed by atoms with van der Waals surface area (Å²) in [5.74, 6) is -0.652. The lowest BCUT2D eigenvalue weighted by atomic mass is 10.2. The average Bonchev–Trinajstić information content (AvgIpc) is 3.60. The number of ether oxygens (including phenoxy) is 1. The van der Waals surface area contributed by atoms with Gasteiger partial charge in [0.05, 0.1) is 24.7 Å². The Morgan fingerprint density at radius 1 is 1.28 bits per heavy atom. The van der Waals surface area contributed by atoms with Crippen molar-refractivity contribution in [3.05, 3.63) is 53.9 Å². The summed E-state index contributed by atoms with van der Waals surface area (Å²) in [5, 5.41) is 16.1. The lowest BCUT2D eigenvalue weighted by Gasteiger charge is -2.14. The van der Waals surface area contributed by atoms with Crippen molar-refractivity contribution in [3.63, 3.8) is 0 Å². The van der Waals surface area contributed by atoms with Crippen LogP contribution in [0.15, 0.2) is 42.6 Å². The number of hydrogen-bond acceptors (Lipinski definition) is 6. The van der Waals surface area contributed by atoms with E-state index in [0.717, 1.165) is 24.1 Å². The van der Waals surface area contributed by atoms with E-state index in [1.165, 1.54) is 7.11 Å². The van der Waals surface area contributed by atoms with Crippen LogP contribution >= 0.6 is 0 Å². The van der Waals surface area contributed by atoms with Crippen molar-refractivity contribution in [1.82, 2.24) is 9.55 Å². The molecule has 4 rings (SSSR count). The molecular weight excluding hydrogens is 408 g/mol. The Morgan fingerprint density at radius 3 is 2.69 bits per heavy atom. The number of pyridine rings is 1. The number of nitrogens with zero attached hydrogens (tertiary/aromatic N) is 2. The van der Waals surface area contributed by atoms with Crippen LogP contribution in [0.25, 0.3) is 11.0 Å². The zero-order valence-corrected chi connectivity index (χ0v) is 18.3. The van der Waals surface area contributed by atoms with Crippen molar-refractivity contribution < 1.29 is 19.4 Å². The molecule has 2 aromatic heterocycles. The molecule has 0 bridgehead atoms. The predicted molar refractivity (Wildman–Crippen MR) is 123 cm³/mol. The molecule has 0 unspecified atom stereocenters. The zero-order chi connectivity index (χ0) is 22.7. The molecule has 1 fully saturated rings. The molecule has 1 aliphatic rings. The largest absolute Gasteiger partial charge is 0.464 e. The summed E-state index contributed by atoms with van der Waals surface area (Å²) in [6.45, 7) is 2.45. The lowest BCUT2D eigenvalue weighted by Crippen LogP contribution is -2.18. The number of carbonyl (C=O) groups is 2. The van der Waals surface area contributed by atoms with Crippen LogP contribution in [-0.4, -0.2) is 46.3 Å². The summed E-state index contributed by atoms with van der Waals surface area (Å²) < 4.78 is 6.88. The Labute approximate surface area is 186 Å². The first-order valence-corrected chi connectivity index (χ1v) is 10.8. The van der Waals surface area contributed by atoms with Crippen molar-refractivity contribution in [1.29, 1.82) is 0 Å². The second kappa shape index (κ2) is 9.40. The number of methoxy groups -OCH3 is 1. The lowest BCUT2D eigenvalue weighted by molar-refractivity contribution is -0.117. The molecule has 0 spiro atoms. The van der Waals surface area contributed by atoms with Crippen LogP contribution in [-0.2, 0) is 16.1 Å². The Bertz CT molecular complexity index is 1120. The molecule has 0 aliphatic heterocycles. The van der Waals surface area contributed by atoms with Crippen molar-refractivity contribution in [3.8, 4) is 0 Å². The van der Waals surface area contributed by atoms with Crippen LogP contribution in [0.3, 0.4) is 0 Å². The highest BCUT2D eigenvalue weighted by Gasteiger charge is 2.33. The molecule has 1 aliphatic carbocycles. The van der Waals surface area contributed by atoms with E-state index in [1.54, 1.807) is 10.8 Å².